The number of aryl methyl sites for hydroxylation is 3. The minimum atomic E-state index is -4.36. The summed E-state index contributed by atoms with van der Waals surface area (Å²) in [6.45, 7) is 8.95. The van der Waals surface area contributed by atoms with Gasteiger partial charge in [0.15, 0.2) is 25.2 Å². The summed E-state index contributed by atoms with van der Waals surface area (Å²) < 4.78 is 68.3. The summed E-state index contributed by atoms with van der Waals surface area (Å²) in [6.07, 6.45) is -8.26. The zero-order valence-electron chi connectivity index (χ0n) is 47.6. The Hall–Kier alpha value is -5.10. The van der Waals surface area contributed by atoms with Crippen LogP contribution in [0.5, 0.6) is 0 Å². The first-order valence-electron chi connectivity index (χ1n) is 25.3. The van der Waals surface area contributed by atoms with E-state index in [-0.39, 0.29) is 91.2 Å². The number of alkyl halides is 3. The standard InChI is InChI=1S/C16H10F3N2.C15H10ClN2.C15H10FN2.2C5H12O4.C5H12O2.3Ir/c1-10-15(21-14-5-3-2-4-13(14)20-10)11-6-8-12(9-7-11)16(17,18)19;2*1-10-15(11-6-8-12(16)9-7-11)18-14-5-3-2-4-13(14)17-10;2*1-8-4(6)3-5(7)9-2;1-4(6)3-5(2)7;;;/h2-6,8-9H,1H3;2*2-6,8-9H,1H3;2*4-7H,3H2,1-2H3;4-7H,3H2,1-2H3;;;/q3*-1;;;;;;. The van der Waals surface area contributed by atoms with Gasteiger partial charge in [0.1, 0.15) is 0 Å². The predicted octanol–water partition coefficient (Wildman–Crippen LogP) is 10.8. The average Bonchev–Trinajstić information content (AvgIpc) is 3.56. The number of benzene rings is 6. The summed E-state index contributed by atoms with van der Waals surface area (Å²) >= 11 is 5.87. The van der Waals surface area contributed by atoms with Crippen molar-refractivity contribution in [2.45, 2.75) is 97.4 Å². The number of aliphatic hydroxyl groups excluding tert-OH is 6. The summed E-state index contributed by atoms with van der Waals surface area (Å²) in [6, 6.07) is 44.8. The van der Waals surface area contributed by atoms with Gasteiger partial charge in [0.2, 0.25) is 0 Å². The van der Waals surface area contributed by atoms with E-state index in [9.17, 15) is 17.6 Å². The van der Waals surface area contributed by atoms with Gasteiger partial charge < -0.3 is 49.6 Å². The number of aromatic nitrogens is 6. The van der Waals surface area contributed by atoms with Crippen molar-refractivity contribution in [1.82, 2.24) is 29.9 Å². The third-order valence-electron chi connectivity index (χ3n) is 11.3. The molecule has 0 saturated carbocycles. The van der Waals surface area contributed by atoms with Gasteiger partial charge in [0.05, 0.1) is 45.3 Å². The van der Waals surface area contributed by atoms with Crippen molar-refractivity contribution in [2.24, 2.45) is 0 Å². The van der Waals surface area contributed by atoms with Crippen LogP contribution in [-0.4, -0.2) is 126 Å². The SMILES string of the molecule is CC(O)CC(C)O.COC(O)CC(O)OC.COC(O)CC(O)OC.Cc1nc2ccccc2nc1-c1[c-]cc(C(F)(F)F)cc1.Cc1nc2ccccc2nc1-c1[c-]cc(Cl)cc1.Cc1nc2ccccc2nc1-c1[c-]cc(F)cc1.[Ir].[Ir].[Ir]. The smallest absolute Gasteiger partial charge is 0.381 e. The van der Waals surface area contributed by atoms with Crippen molar-refractivity contribution in [1.29, 1.82) is 0 Å². The maximum atomic E-state index is 12.9. The fourth-order valence-corrected chi connectivity index (χ4v) is 7.23. The number of ether oxygens (including phenoxy) is 4. The van der Waals surface area contributed by atoms with E-state index < -0.39 is 36.9 Å². The quantitative estimate of drug-likeness (QED) is 0.0358. The second kappa shape index (κ2) is 39.6. The Morgan fingerprint density at radius 1 is 0.435 bits per heavy atom. The number of hydrogen-bond donors (Lipinski definition) is 6. The molecule has 9 rings (SSSR count). The molecule has 9 aromatic rings. The van der Waals surface area contributed by atoms with Gasteiger partial charge in [0, 0.05) is 142 Å². The van der Waals surface area contributed by atoms with Gasteiger partial charge in [-0.15, -0.1) is 101 Å². The minimum Gasteiger partial charge on any atom is -0.393 e. The van der Waals surface area contributed by atoms with Crippen LogP contribution < -0.4 is 0 Å². The van der Waals surface area contributed by atoms with Crippen molar-refractivity contribution in [3.63, 3.8) is 0 Å². The van der Waals surface area contributed by atoms with E-state index in [1.165, 1.54) is 46.6 Å². The van der Waals surface area contributed by atoms with E-state index in [2.05, 4.69) is 67.1 Å². The molecule has 0 aliphatic heterocycles. The Labute approximate surface area is 537 Å². The van der Waals surface area contributed by atoms with E-state index in [4.69, 9.17) is 42.2 Å². The Balaban J connectivity index is 0.000000529. The molecule has 0 saturated heterocycles. The number of rotatable bonds is 13. The number of hydrogen-bond acceptors (Lipinski definition) is 16. The van der Waals surface area contributed by atoms with Crippen molar-refractivity contribution >= 4 is 44.7 Å². The Bertz CT molecular complexity index is 3180. The van der Waals surface area contributed by atoms with Gasteiger partial charge in [0.25, 0.3) is 0 Å². The molecule has 3 aromatic heterocycles. The summed E-state index contributed by atoms with van der Waals surface area (Å²) in [5.74, 6) is -0.301. The molecule has 6 unspecified atom stereocenters. The molecule has 0 bridgehead atoms. The largest absolute Gasteiger partial charge is 0.393 e. The van der Waals surface area contributed by atoms with Crippen LogP contribution in [0.1, 0.15) is 55.8 Å². The zero-order chi connectivity index (χ0) is 60.5. The van der Waals surface area contributed by atoms with E-state index >= 15 is 0 Å². The van der Waals surface area contributed by atoms with Crippen molar-refractivity contribution < 1.29 is 127 Å². The van der Waals surface area contributed by atoms with Gasteiger partial charge >= 0.3 is 6.18 Å². The second-order valence-electron chi connectivity index (χ2n) is 17.9. The molecule has 0 fully saturated rings. The first-order chi connectivity index (χ1) is 39.0. The predicted molar refractivity (Wildman–Crippen MR) is 305 cm³/mol. The second-order valence-corrected chi connectivity index (χ2v) is 18.4. The molecular formula is C61H66ClF4Ir3N6O10-3. The van der Waals surface area contributed by atoms with Crippen molar-refractivity contribution in [3.05, 3.63) is 179 Å². The molecule has 16 nitrogen and oxygen atoms in total. The minimum absolute atomic E-state index is 0. The van der Waals surface area contributed by atoms with Crippen LogP contribution in [0.3, 0.4) is 0 Å². The third kappa shape index (κ3) is 26.8. The van der Waals surface area contributed by atoms with Crippen LogP contribution in [0.25, 0.3) is 66.9 Å². The normalized spacial score (nSPS) is 12.7. The first-order valence-corrected chi connectivity index (χ1v) is 25.7. The molecule has 0 amide bonds. The third-order valence-corrected chi connectivity index (χ3v) is 11.5. The molecule has 465 valence electrons. The van der Waals surface area contributed by atoms with Crippen LogP contribution in [0.4, 0.5) is 17.6 Å². The van der Waals surface area contributed by atoms with Crippen LogP contribution in [0.2, 0.25) is 5.02 Å². The molecule has 0 aliphatic carbocycles. The molecule has 6 N–H and O–H groups in total. The van der Waals surface area contributed by atoms with Crippen LogP contribution in [0.15, 0.2) is 127 Å². The molecule has 0 spiro atoms. The number of nitrogens with zero attached hydrogens (tertiary/aromatic N) is 6. The fraction of sp³-hybridized carbons (Fsp3) is 0.311. The van der Waals surface area contributed by atoms with Gasteiger partial charge in [-0.1, -0.05) is 36.4 Å². The summed E-state index contributed by atoms with van der Waals surface area (Å²) in [4.78, 5) is 27.1. The maximum absolute atomic E-state index is 12.9. The van der Waals surface area contributed by atoms with Gasteiger partial charge in [-0.3, -0.25) is 34.3 Å². The monoisotopic (exact) mass is 1730 g/mol. The van der Waals surface area contributed by atoms with E-state index in [1.54, 1.807) is 32.9 Å². The average molecular weight is 1730 g/mol. The van der Waals surface area contributed by atoms with Crippen LogP contribution >= 0.6 is 11.6 Å². The molecule has 6 atom stereocenters. The summed E-state index contributed by atoms with van der Waals surface area (Å²) in [5.41, 5.74) is 10.9. The molecule has 6 aromatic carbocycles. The Morgan fingerprint density at radius 2 is 0.729 bits per heavy atom. The number of para-hydroxylation sites is 6. The molecule has 85 heavy (non-hydrogen) atoms. The summed E-state index contributed by atoms with van der Waals surface area (Å²) in [7, 11) is 5.42. The molecule has 3 heterocycles. The number of aliphatic hydroxyl groups is 6. The number of halogens is 5. The molecular weight excluding hydrogens is 1660 g/mol. The van der Waals surface area contributed by atoms with Crippen LogP contribution in [-0.2, 0) is 85.4 Å². The molecule has 3 radical (unpaired) electrons. The van der Waals surface area contributed by atoms with Gasteiger partial charge in [-0.05, 0) is 88.0 Å². The Morgan fingerprint density at radius 3 is 0.965 bits per heavy atom. The van der Waals surface area contributed by atoms with Crippen molar-refractivity contribution in [3.8, 4) is 33.8 Å². The van der Waals surface area contributed by atoms with Gasteiger partial charge in [-0.2, -0.15) is 13.2 Å². The topological polar surface area (TPSA) is 236 Å². The number of methoxy groups -OCH3 is 4. The van der Waals surface area contributed by atoms with E-state index in [0.29, 0.717) is 33.9 Å². The Kier molecular flexibility index (Phi) is 36.3. The maximum Gasteiger partial charge on any atom is 0.381 e. The van der Waals surface area contributed by atoms with E-state index in [1.807, 2.05) is 98.8 Å². The molecule has 24 heteroatoms. The molecule has 0 aliphatic rings. The van der Waals surface area contributed by atoms with E-state index in [0.717, 1.165) is 73.6 Å². The zero-order valence-corrected chi connectivity index (χ0v) is 55.5. The van der Waals surface area contributed by atoms with Crippen LogP contribution in [0, 0.1) is 44.8 Å². The fourth-order valence-electron chi connectivity index (χ4n) is 7.11. The first kappa shape index (κ1) is 77.9. The van der Waals surface area contributed by atoms with Gasteiger partial charge in [-0.25, -0.2) is 0 Å². The van der Waals surface area contributed by atoms with Crippen molar-refractivity contribution in [2.75, 3.05) is 28.4 Å². The number of fused-ring (bicyclic) bond motifs is 3. The summed E-state index contributed by atoms with van der Waals surface area (Å²) in [5, 5.41) is 52.6.